The molecular weight excluding hydrogens is 257 g/mol. The number of benzene rings is 1. The zero-order chi connectivity index (χ0) is 13.1. The Balaban J connectivity index is 2.47. The van der Waals surface area contributed by atoms with Gasteiger partial charge in [-0.2, -0.15) is 0 Å². The summed E-state index contributed by atoms with van der Waals surface area (Å²) in [6.45, 7) is 0.256. The van der Waals surface area contributed by atoms with Crippen LogP contribution >= 0.6 is 11.3 Å². The molecule has 18 heavy (non-hydrogen) atoms. The Bertz CT molecular complexity index is 565. The maximum absolute atomic E-state index is 12.8. The van der Waals surface area contributed by atoms with Crippen molar-refractivity contribution in [1.29, 1.82) is 0 Å². The normalized spacial score (nSPS) is 10.6. The minimum Gasteiger partial charge on any atom is -0.477 e. The molecule has 0 unspecified atom stereocenters. The fourth-order valence-corrected chi connectivity index (χ4v) is 2.39. The molecule has 0 amide bonds. The van der Waals surface area contributed by atoms with Crippen LogP contribution < -0.4 is 0 Å². The number of rotatable bonds is 4. The number of halogens is 1. The first-order chi connectivity index (χ1) is 8.61. The van der Waals surface area contributed by atoms with E-state index in [-0.39, 0.29) is 17.3 Å². The van der Waals surface area contributed by atoms with E-state index in [1.165, 1.54) is 31.4 Å². The van der Waals surface area contributed by atoms with Gasteiger partial charge in [-0.05, 0) is 24.3 Å². The van der Waals surface area contributed by atoms with Gasteiger partial charge in [-0.3, -0.25) is 0 Å². The van der Waals surface area contributed by atoms with Gasteiger partial charge in [0.25, 0.3) is 0 Å². The third-order valence-corrected chi connectivity index (χ3v) is 3.27. The molecule has 0 fully saturated rings. The van der Waals surface area contributed by atoms with Gasteiger partial charge in [-0.1, -0.05) is 0 Å². The van der Waals surface area contributed by atoms with Crippen molar-refractivity contribution in [2.75, 3.05) is 7.11 Å². The number of carboxylic acid groups (broad SMARTS) is 1. The summed E-state index contributed by atoms with van der Waals surface area (Å²) in [7, 11) is 1.51. The number of hydrogen-bond donors (Lipinski definition) is 1. The molecular formula is C12H10FNO3S. The highest BCUT2D eigenvalue weighted by Crippen LogP contribution is 2.28. The Morgan fingerprint density at radius 3 is 2.67 bits per heavy atom. The summed E-state index contributed by atoms with van der Waals surface area (Å²) in [6.07, 6.45) is 0. The van der Waals surface area contributed by atoms with Crippen molar-refractivity contribution in [2.45, 2.75) is 6.61 Å². The van der Waals surface area contributed by atoms with Crippen molar-refractivity contribution in [3.05, 3.63) is 40.0 Å². The van der Waals surface area contributed by atoms with E-state index in [0.717, 1.165) is 11.3 Å². The molecule has 1 aromatic heterocycles. The molecule has 0 bridgehead atoms. The quantitative estimate of drug-likeness (QED) is 0.925. The molecule has 0 saturated heterocycles. The minimum atomic E-state index is -1.05. The third kappa shape index (κ3) is 2.55. The summed E-state index contributed by atoms with van der Waals surface area (Å²) in [6, 6.07) is 5.56. The zero-order valence-electron chi connectivity index (χ0n) is 9.51. The second-order valence-corrected chi connectivity index (χ2v) is 4.61. The number of nitrogens with zero attached hydrogens (tertiary/aromatic N) is 1. The van der Waals surface area contributed by atoms with E-state index in [1.807, 2.05) is 0 Å². The van der Waals surface area contributed by atoms with Crippen LogP contribution in [0.5, 0.6) is 0 Å². The molecule has 1 heterocycles. The highest BCUT2D eigenvalue weighted by Gasteiger charge is 2.18. The van der Waals surface area contributed by atoms with E-state index in [1.54, 1.807) is 0 Å². The van der Waals surface area contributed by atoms with E-state index >= 15 is 0 Å². The Hall–Kier alpha value is -1.79. The molecule has 0 saturated carbocycles. The molecule has 0 aliphatic rings. The summed E-state index contributed by atoms with van der Waals surface area (Å²) in [5.41, 5.74) is 0.923. The molecule has 2 rings (SSSR count). The zero-order valence-corrected chi connectivity index (χ0v) is 10.3. The Morgan fingerprint density at radius 2 is 2.11 bits per heavy atom. The number of hydrogen-bond acceptors (Lipinski definition) is 4. The maximum Gasteiger partial charge on any atom is 0.348 e. The molecule has 6 heteroatoms. The van der Waals surface area contributed by atoms with Gasteiger partial charge in [0.05, 0.1) is 12.3 Å². The van der Waals surface area contributed by atoms with E-state index < -0.39 is 5.97 Å². The maximum atomic E-state index is 12.8. The summed E-state index contributed by atoms with van der Waals surface area (Å²) in [5.74, 6) is -1.42. The summed E-state index contributed by atoms with van der Waals surface area (Å²) < 4.78 is 17.8. The molecule has 0 aliphatic carbocycles. The molecule has 1 aromatic carbocycles. The van der Waals surface area contributed by atoms with Gasteiger partial charge in [0, 0.05) is 12.7 Å². The van der Waals surface area contributed by atoms with Crippen LogP contribution in [0.15, 0.2) is 24.3 Å². The van der Waals surface area contributed by atoms with E-state index in [0.29, 0.717) is 16.3 Å². The molecule has 1 N–H and O–H groups in total. The molecule has 0 aliphatic heterocycles. The van der Waals surface area contributed by atoms with Crippen molar-refractivity contribution < 1.29 is 19.0 Å². The van der Waals surface area contributed by atoms with Crippen molar-refractivity contribution in [1.82, 2.24) is 4.98 Å². The lowest BCUT2D eigenvalue weighted by Gasteiger charge is -1.98. The second-order valence-electron chi connectivity index (χ2n) is 3.53. The van der Waals surface area contributed by atoms with Crippen LogP contribution in [-0.4, -0.2) is 23.2 Å². The predicted octanol–water partition coefficient (Wildman–Crippen LogP) is 2.79. The van der Waals surface area contributed by atoms with E-state index in [2.05, 4.69) is 4.98 Å². The van der Waals surface area contributed by atoms with Gasteiger partial charge in [0.2, 0.25) is 0 Å². The number of ether oxygens (including phenoxy) is 1. The van der Waals surface area contributed by atoms with Crippen LogP contribution in [0.3, 0.4) is 0 Å². The first kappa shape index (κ1) is 12.7. The topological polar surface area (TPSA) is 59.4 Å². The Morgan fingerprint density at radius 1 is 1.44 bits per heavy atom. The summed E-state index contributed by atoms with van der Waals surface area (Å²) in [5, 5.41) is 9.70. The average Bonchev–Trinajstić information content (AvgIpc) is 2.75. The van der Waals surface area contributed by atoms with Crippen molar-refractivity contribution >= 4 is 17.3 Å². The fourth-order valence-electron chi connectivity index (χ4n) is 1.50. The smallest absolute Gasteiger partial charge is 0.348 e. The van der Waals surface area contributed by atoms with Gasteiger partial charge in [0.15, 0.2) is 0 Å². The lowest BCUT2D eigenvalue weighted by Crippen LogP contribution is -1.95. The lowest BCUT2D eigenvalue weighted by molar-refractivity contribution is 0.0702. The van der Waals surface area contributed by atoms with Gasteiger partial charge < -0.3 is 9.84 Å². The predicted molar refractivity (Wildman–Crippen MR) is 65.2 cm³/mol. The Kier molecular flexibility index (Phi) is 3.69. The van der Waals surface area contributed by atoms with Crippen LogP contribution in [0.2, 0.25) is 0 Å². The molecule has 4 nitrogen and oxygen atoms in total. The van der Waals surface area contributed by atoms with Crippen LogP contribution in [0.4, 0.5) is 4.39 Å². The molecule has 0 atom stereocenters. The largest absolute Gasteiger partial charge is 0.477 e. The van der Waals surface area contributed by atoms with Gasteiger partial charge >= 0.3 is 5.97 Å². The molecule has 94 valence electrons. The second kappa shape index (κ2) is 5.24. The van der Waals surface area contributed by atoms with Crippen LogP contribution in [0.25, 0.3) is 11.3 Å². The minimum absolute atomic E-state index is 0.133. The lowest BCUT2D eigenvalue weighted by atomic mass is 10.1. The third-order valence-electron chi connectivity index (χ3n) is 2.25. The molecule has 0 spiro atoms. The SMILES string of the molecule is COCc1nc(-c2ccc(F)cc2)c(C(=O)O)s1. The number of methoxy groups -OCH3 is 1. The van der Waals surface area contributed by atoms with Crippen LogP contribution in [-0.2, 0) is 11.3 Å². The molecule has 2 aromatic rings. The van der Waals surface area contributed by atoms with Gasteiger partial charge in [-0.25, -0.2) is 14.2 Å². The van der Waals surface area contributed by atoms with Crippen molar-refractivity contribution in [3.8, 4) is 11.3 Å². The monoisotopic (exact) mass is 267 g/mol. The number of carboxylic acids is 1. The highest BCUT2D eigenvalue weighted by atomic mass is 32.1. The number of carbonyl (C=O) groups is 1. The highest BCUT2D eigenvalue weighted by molar-refractivity contribution is 7.14. The van der Waals surface area contributed by atoms with Crippen molar-refractivity contribution in [2.24, 2.45) is 0 Å². The standard InChI is InChI=1S/C12H10FNO3S/c1-17-6-9-14-10(11(18-9)12(15)16)7-2-4-8(13)5-3-7/h2-5H,6H2,1H3,(H,15,16). The summed E-state index contributed by atoms with van der Waals surface area (Å²) >= 11 is 1.06. The van der Waals surface area contributed by atoms with E-state index in [9.17, 15) is 9.18 Å². The first-order valence-electron chi connectivity index (χ1n) is 5.09. The summed E-state index contributed by atoms with van der Waals surface area (Å²) in [4.78, 5) is 15.5. The van der Waals surface area contributed by atoms with Crippen LogP contribution in [0.1, 0.15) is 14.7 Å². The Labute approximate surface area is 107 Å². The van der Waals surface area contributed by atoms with E-state index in [4.69, 9.17) is 9.84 Å². The van der Waals surface area contributed by atoms with Gasteiger partial charge in [0.1, 0.15) is 15.7 Å². The number of aromatic nitrogens is 1. The van der Waals surface area contributed by atoms with Gasteiger partial charge in [-0.15, -0.1) is 11.3 Å². The van der Waals surface area contributed by atoms with Crippen LogP contribution in [0, 0.1) is 5.82 Å². The fraction of sp³-hybridized carbons (Fsp3) is 0.167. The number of aromatic carboxylic acids is 1. The number of thiazole rings is 1. The molecule has 0 radical (unpaired) electrons. The average molecular weight is 267 g/mol. The first-order valence-corrected chi connectivity index (χ1v) is 5.91. The van der Waals surface area contributed by atoms with Crippen molar-refractivity contribution in [3.63, 3.8) is 0 Å².